The van der Waals surface area contributed by atoms with Gasteiger partial charge in [0.25, 0.3) is 5.91 Å². The molecule has 3 rings (SSSR count). The number of carbonyl (C=O) groups is 1. The van der Waals surface area contributed by atoms with Crippen LogP contribution in [0, 0.1) is 5.82 Å². The number of hydrogen-bond acceptors (Lipinski definition) is 2. The van der Waals surface area contributed by atoms with Gasteiger partial charge in [-0.05, 0) is 42.7 Å². The van der Waals surface area contributed by atoms with Crippen LogP contribution in [-0.4, -0.2) is 10.9 Å². The second-order valence-electron chi connectivity index (χ2n) is 4.76. The van der Waals surface area contributed by atoms with E-state index in [4.69, 9.17) is 0 Å². The largest absolute Gasteiger partial charge is 0.341 e. The molecule has 2 aromatic rings. The Kier molecular flexibility index (Phi) is 2.78. The minimum absolute atomic E-state index is 0.192. The fourth-order valence-corrected chi connectivity index (χ4v) is 2.16. The number of halogens is 1. The van der Waals surface area contributed by atoms with E-state index in [0.29, 0.717) is 5.69 Å². The zero-order valence-electron chi connectivity index (χ0n) is 10.3. The third-order valence-electron chi connectivity index (χ3n) is 3.40. The van der Waals surface area contributed by atoms with Crippen molar-refractivity contribution in [3.63, 3.8) is 0 Å². The lowest BCUT2D eigenvalue weighted by Crippen LogP contribution is -2.35. The number of amides is 1. The van der Waals surface area contributed by atoms with Crippen molar-refractivity contribution in [1.82, 2.24) is 10.3 Å². The summed E-state index contributed by atoms with van der Waals surface area (Å²) < 4.78 is 12.9. The van der Waals surface area contributed by atoms with E-state index in [0.717, 1.165) is 18.4 Å². The van der Waals surface area contributed by atoms with Crippen LogP contribution < -0.4 is 5.32 Å². The number of benzene rings is 1. The maximum absolute atomic E-state index is 12.9. The number of aromatic nitrogens is 1. The van der Waals surface area contributed by atoms with Crippen molar-refractivity contribution in [3.8, 4) is 0 Å². The zero-order chi connectivity index (χ0) is 13.3. The van der Waals surface area contributed by atoms with Crippen LogP contribution in [0.4, 0.5) is 4.39 Å². The maximum atomic E-state index is 12.9. The van der Waals surface area contributed by atoms with Gasteiger partial charge in [-0.1, -0.05) is 18.2 Å². The van der Waals surface area contributed by atoms with Crippen LogP contribution in [0.5, 0.6) is 0 Å². The Labute approximate surface area is 110 Å². The van der Waals surface area contributed by atoms with E-state index in [1.54, 1.807) is 36.5 Å². The van der Waals surface area contributed by atoms with Gasteiger partial charge >= 0.3 is 0 Å². The molecule has 0 atom stereocenters. The van der Waals surface area contributed by atoms with Crippen LogP contribution in [0.15, 0.2) is 48.7 Å². The molecule has 0 unspecified atom stereocenters. The van der Waals surface area contributed by atoms with E-state index in [1.165, 1.54) is 12.1 Å². The predicted molar refractivity (Wildman–Crippen MR) is 69.0 cm³/mol. The molecule has 0 spiro atoms. The summed E-state index contributed by atoms with van der Waals surface area (Å²) in [5, 5.41) is 3.00. The molecule has 4 heteroatoms. The van der Waals surface area contributed by atoms with Gasteiger partial charge in [-0.2, -0.15) is 0 Å². The van der Waals surface area contributed by atoms with Gasteiger partial charge in [0.1, 0.15) is 11.5 Å². The number of nitrogens with zero attached hydrogens (tertiary/aromatic N) is 1. The first kappa shape index (κ1) is 11.8. The molecule has 19 heavy (non-hydrogen) atoms. The molecule has 1 fully saturated rings. The van der Waals surface area contributed by atoms with Gasteiger partial charge in [0.15, 0.2) is 0 Å². The van der Waals surface area contributed by atoms with E-state index in [9.17, 15) is 9.18 Å². The van der Waals surface area contributed by atoms with Gasteiger partial charge in [0.2, 0.25) is 0 Å². The molecular formula is C15H13FN2O. The molecule has 1 aromatic heterocycles. The van der Waals surface area contributed by atoms with E-state index in [1.807, 2.05) is 0 Å². The fourth-order valence-electron chi connectivity index (χ4n) is 2.16. The summed E-state index contributed by atoms with van der Waals surface area (Å²) in [5.74, 6) is -0.460. The quantitative estimate of drug-likeness (QED) is 0.917. The zero-order valence-corrected chi connectivity index (χ0v) is 10.3. The van der Waals surface area contributed by atoms with Gasteiger partial charge in [0, 0.05) is 6.20 Å². The summed E-state index contributed by atoms with van der Waals surface area (Å²) in [6.07, 6.45) is 3.33. The van der Waals surface area contributed by atoms with Crippen molar-refractivity contribution in [2.24, 2.45) is 0 Å². The van der Waals surface area contributed by atoms with Crippen molar-refractivity contribution in [2.45, 2.75) is 18.4 Å². The lowest BCUT2D eigenvalue weighted by molar-refractivity contribution is 0.0926. The van der Waals surface area contributed by atoms with Crippen LogP contribution in [0.3, 0.4) is 0 Å². The Hall–Kier alpha value is -2.23. The normalized spacial score (nSPS) is 15.8. The first-order chi connectivity index (χ1) is 9.20. The smallest absolute Gasteiger partial charge is 0.270 e. The summed E-state index contributed by atoms with van der Waals surface area (Å²) >= 11 is 0. The molecular weight excluding hydrogens is 243 g/mol. The maximum Gasteiger partial charge on any atom is 0.270 e. The molecule has 1 N–H and O–H groups in total. The summed E-state index contributed by atoms with van der Waals surface area (Å²) in [5.41, 5.74) is 0.997. The molecule has 1 amide bonds. The van der Waals surface area contributed by atoms with E-state index in [-0.39, 0.29) is 17.3 Å². The Balaban J connectivity index is 1.79. The van der Waals surface area contributed by atoms with Crippen molar-refractivity contribution in [3.05, 3.63) is 65.7 Å². The van der Waals surface area contributed by atoms with Gasteiger partial charge in [-0.15, -0.1) is 0 Å². The Bertz CT molecular complexity index is 591. The van der Waals surface area contributed by atoms with Gasteiger partial charge in [-0.3, -0.25) is 9.78 Å². The molecule has 0 aliphatic heterocycles. The molecule has 0 bridgehead atoms. The van der Waals surface area contributed by atoms with Crippen LogP contribution in [0.2, 0.25) is 0 Å². The van der Waals surface area contributed by atoms with Gasteiger partial charge in [-0.25, -0.2) is 4.39 Å². The average Bonchev–Trinajstić information content (AvgIpc) is 3.21. The molecule has 0 radical (unpaired) electrons. The van der Waals surface area contributed by atoms with Gasteiger partial charge < -0.3 is 5.32 Å². The van der Waals surface area contributed by atoms with E-state index >= 15 is 0 Å². The molecule has 1 aliphatic carbocycles. The second-order valence-corrected chi connectivity index (χ2v) is 4.76. The third kappa shape index (κ3) is 2.34. The third-order valence-corrected chi connectivity index (χ3v) is 3.40. The Morgan fingerprint density at radius 2 is 1.89 bits per heavy atom. The molecule has 1 aliphatic rings. The minimum atomic E-state index is -0.345. The monoisotopic (exact) mass is 256 g/mol. The Morgan fingerprint density at radius 1 is 1.16 bits per heavy atom. The SMILES string of the molecule is O=C(NC1(c2ccc(F)cc2)CC1)c1ccccn1. The minimum Gasteiger partial charge on any atom is -0.341 e. The highest BCUT2D eigenvalue weighted by Gasteiger charge is 2.45. The lowest BCUT2D eigenvalue weighted by atomic mass is 10.0. The topological polar surface area (TPSA) is 42.0 Å². The van der Waals surface area contributed by atoms with Crippen molar-refractivity contribution < 1.29 is 9.18 Å². The lowest BCUT2D eigenvalue weighted by Gasteiger charge is -2.17. The fraction of sp³-hybridized carbons (Fsp3) is 0.200. The summed E-state index contributed by atoms with van der Waals surface area (Å²) in [6.45, 7) is 0. The highest BCUT2D eigenvalue weighted by Crippen LogP contribution is 2.45. The number of nitrogens with one attached hydrogen (secondary N) is 1. The number of rotatable bonds is 3. The van der Waals surface area contributed by atoms with Crippen LogP contribution in [0.25, 0.3) is 0 Å². The van der Waals surface area contributed by atoms with Crippen molar-refractivity contribution in [1.29, 1.82) is 0 Å². The Morgan fingerprint density at radius 3 is 2.47 bits per heavy atom. The molecule has 1 aromatic carbocycles. The van der Waals surface area contributed by atoms with E-state index < -0.39 is 0 Å². The summed E-state index contributed by atoms with van der Waals surface area (Å²) in [7, 11) is 0. The number of pyridine rings is 1. The second kappa shape index (κ2) is 4.46. The predicted octanol–water partition coefficient (Wildman–Crippen LogP) is 2.64. The average molecular weight is 256 g/mol. The van der Waals surface area contributed by atoms with Crippen molar-refractivity contribution >= 4 is 5.91 Å². The van der Waals surface area contributed by atoms with Gasteiger partial charge in [0.05, 0.1) is 5.54 Å². The number of hydrogen-bond donors (Lipinski definition) is 1. The highest BCUT2D eigenvalue weighted by molar-refractivity contribution is 5.93. The van der Waals surface area contributed by atoms with Crippen LogP contribution in [0.1, 0.15) is 28.9 Å². The van der Waals surface area contributed by atoms with Crippen molar-refractivity contribution in [2.75, 3.05) is 0 Å². The molecule has 1 heterocycles. The molecule has 0 saturated heterocycles. The molecule has 96 valence electrons. The molecule has 3 nitrogen and oxygen atoms in total. The molecule has 1 saturated carbocycles. The van der Waals surface area contributed by atoms with Crippen LogP contribution >= 0.6 is 0 Å². The van der Waals surface area contributed by atoms with Crippen LogP contribution in [-0.2, 0) is 5.54 Å². The summed E-state index contributed by atoms with van der Waals surface area (Å²) in [4.78, 5) is 16.1. The van der Waals surface area contributed by atoms with E-state index in [2.05, 4.69) is 10.3 Å². The number of carbonyl (C=O) groups excluding carboxylic acids is 1. The standard InChI is InChI=1S/C15H13FN2O/c16-12-6-4-11(5-7-12)15(8-9-15)18-14(19)13-3-1-2-10-17-13/h1-7,10H,8-9H2,(H,18,19). The summed E-state index contributed by atoms with van der Waals surface area (Å²) in [6, 6.07) is 11.5. The highest BCUT2D eigenvalue weighted by atomic mass is 19.1. The first-order valence-corrected chi connectivity index (χ1v) is 6.19. The first-order valence-electron chi connectivity index (χ1n) is 6.19.